The number of likely N-dealkylation sites (tertiary alicyclic amines) is 1. The molecule has 1 aromatic heterocycles. The highest BCUT2D eigenvalue weighted by atomic mass is 16.4. The molecule has 0 radical (unpaired) electrons. The first-order valence-electron chi connectivity index (χ1n) is 9.41. The van der Waals surface area contributed by atoms with Crippen molar-refractivity contribution in [2.24, 2.45) is 5.92 Å². The highest BCUT2D eigenvalue weighted by Gasteiger charge is 2.25. The lowest BCUT2D eigenvalue weighted by Gasteiger charge is -2.29. The number of fused-ring (bicyclic) bond motifs is 1. The van der Waals surface area contributed by atoms with Gasteiger partial charge in [-0.3, -0.25) is 4.90 Å². The molecule has 5 nitrogen and oxygen atoms in total. The van der Waals surface area contributed by atoms with E-state index in [1.165, 1.54) is 5.56 Å². The Hall–Kier alpha value is -1.69. The van der Waals surface area contributed by atoms with Crippen LogP contribution in [-0.4, -0.2) is 54.7 Å². The maximum Gasteiger partial charge on any atom is 0.336 e. The molecule has 2 aromatic rings. The van der Waals surface area contributed by atoms with E-state index in [1.54, 1.807) is 6.07 Å². The second-order valence-corrected chi connectivity index (χ2v) is 7.99. The number of rotatable bonds is 4. The smallest absolute Gasteiger partial charge is 0.336 e. The van der Waals surface area contributed by atoms with E-state index in [9.17, 15) is 9.90 Å². The van der Waals surface area contributed by atoms with E-state index >= 15 is 0 Å². The Bertz CT molecular complexity index is 828. The van der Waals surface area contributed by atoms with Crippen LogP contribution in [0, 0.1) is 19.8 Å². The van der Waals surface area contributed by atoms with Gasteiger partial charge in [0.1, 0.15) is 5.58 Å². The summed E-state index contributed by atoms with van der Waals surface area (Å²) in [7, 11) is 4.22. The minimum Gasteiger partial charge on any atom is -0.422 e. The average Bonchev–Trinajstić information content (AvgIpc) is 2.78. The van der Waals surface area contributed by atoms with Crippen molar-refractivity contribution in [3.63, 3.8) is 0 Å². The molecule has 1 saturated heterocycles. The van der Waals surface area contributed by atoms with E-state index < -0.39 is 0 Å². The first kappa shape index (κ1) is 19.1. The fourth-order valence-corrected chi connectivity index (χ4v) is 4.10. The van der Waals surface area contributed by atoms with Crippen LogP contribution in [0.4, 0.5) is 0 Å². The molecule has 0 amide bonds. The number of nitrogens with zero attached hydrogens (tertiary/aromatic N) is 2. The molecular formula is C21H30N2O3. The topological polar surface area (TPSA) is 56.9 Å². The molecule has 5 heteroatoms. The van der Waals surface area contributed by atoms with Gasteiger partial charge in [0.25, 0.3) is 0 Å². The summed E-state index contributed by atoms with van der Waals surface area (Å²) in [5.41, 5.74) is 3.57. The van der Waals surface area contributed by atoms with Crippen LogP contribution in [0.3, 0.4) is 0 Å². The Kier molecular flexibility index (Phi) is 5.80. The largest absolute Gasteiger partial charge is 0.422 e. The summed E-state index contributed by atoms with van der Waals surface area (Å²) in [5, 5.41) is 10.7. The Morgan fingerprint density at radius 3 is 2.65 bits per heavy atom. The van der Waals surface area contributed by atoms with Gasteiger partial charge in [-0.1, -0.05) is 6.07 Å². The van der Waals surface area contributed by atoms with Crippen LogP contribution in [0.5, 0.6) is 0 Å². The van der Waals surface area contributed by atoms with Crippen LogP contribution in [0.2, 0.25) is 0 Å². The van der Waals surface area contributed by atoms with Crippen LogP contribution >= 0.6 is 0 Å². The lowest BCUT2D eigenvalue weighted by molar-refractivity contribution is 0.158. The fraction of sp³-hybridized carbons (Fsp3) is 0.571. The molecule has 1 N–H and O–H groups in total. The number of likely N-dealkylation sites (N-methyl/N-ethyl adjacent to an activating group) is 1. The number of hydrogen-bond acceptors (Lipinski definition) is 5. The monoisotopic (exact) mass is 358 g/mol. The molecule has 0 unspecified atom stereocenters. The SMILES string of the molecule is Cc1cc(C)c2oc(=O)cc(CN3C[C@@H](CO)CC[C@@H](N(C)C)C3)c2c1. The molecule has 0 bridgehead atoms. The number of benzene rings is 1. The third-order valence-electron chi connectivity index (χ3n) is 5.54. The van der Waals surface area contributed by atoms with Crippen LogP contribution in [0.25, 0.3) is 11.0 Å². The molecule has 26 heavy (non-hydrogen) atoms. The third-order valence-corrected chi connectivity index (χ3v) is 5.54. The molecule has 0 saturated carbocycles. The first-order chi connectivity index (χ1) is 12.4. The van der Waals surface area contributed by atoms with Crippen LogP contribution in [0.15, 0.2) is 27.4 Å². The van der Waals surface area contributed by atoms with E-state index in [4.69, 9.17) is 4.42 Å². The third kappa shape index (κ3) is 4.17. The molecule has 142 valence electrons. The molecule has 0 spiro atoms. The van der Waals surface area contributed by atoms with Crippen LogP contribution in [-0.2, 0) is 6.54 Å². The van der Waals surface area contributed by atoms with E-state index in [0.29, 0.717) is 18.2 Å². The van der Waals surface area contributed by atoms with E-state index in [1.807, 2.05) is 13.0 Å². The van der Waals surface area contributed by atoms with Gasteiger partial charge >= 0.3 is 5.63 Å². The van der Waals surface area contributed by atoms with Gasteiger partial charge in [-0.25, -0.2) is 4.79 Å². The fourth-order valence-electron chi connectivity index (χ4n) is 4.10. The second kappa shape index (κ2) is 7.91. The van der Waals surface area contributed by atoms with Gasteiger partial charge in [0.2, 0.25) is 0 Å². The van der Waals surface area contributed by atoms with Gasteiger partial charge in [-0.2, -0.15) is 0 Å². The van der Waals surface area contributed by atoms with Crippen molar-refractivity contribution in [2.45, 2.75) is 39.3 Å². The summed E-state index contributed by atoms with van der Waals surface area (Å²) in [4.78, 5) is 16.8. The van der Waals surface area contributed by atoms with Gasteiger partial charge in [0.05, 0.1) is 0 Å². The van der Waals surface area contributed by atoms with Crippen molar-refractivity contribution in [3.05, 3.63) is 45.3 Å². The van der Waals surface area contributed by atoms with Gasteiger partial charge in [-0.05, 0) is 69.5 Å². The number of aryl methyl sites for hydroxylation is 2. The van der Waals surface area contributed by atoms with Gasteiger partial charge < -0.3 is 14.4 Å². The van der Waals surface area contributed by atoms with Crippen LogP contribution in [0.1, 0.15) is 29.5 Å². The van der Waals surface area contributed by atoms with Crippen molar-refractivity contribution in [2.75, 3.05) is 33.8 Å². The Morgan fingerprint density at radius 2 is 1.96 bits per heavy atom. The zero-order chi connectivity index (χ0) is 18.8. The van der Waals surface area contributed by atoms with E-state index in [2.05, 4.69) is 36.9 Å². The normalized spacial score (nSPS) is 22.1. The van der Waals surface area contributed by atoms with Crippen LogP contribution < -0.4 is 5.63 Å². The molecule has 3 rings (SSSR count). The van der Waals surface area contributed by atoms with Crippen molar-refractivity contribution in [3.8, 4) is 0 Å². The van der Waals surface area contributed by atoms with E-state index in [-0.39, 0.29) is 18.2 Å². The predicted octanol–water partition coefficient (Wildman–Crippen LogP) is 2.54. The Labute approximate surface area is 155 Å². The molecule has 1 aliphatic heterocycles. The maximum absolute atomic E-state index is 12.1. The standard InChI is InChI=1S/C21H30N2O3/c1-14-7-15(2)21-19(8-14)17(9-20(25)26-21)11-23-10-16(13-24)5-6-18(12-23)22(3)4/h7-9,16,18,24H,5-6,10-13H2,1-4H3/t16-,18+/m0/s1. The summed E-state index contributed by atoms with van der Waals surface area (Å²) in [5.74, 6) is 0.287. The second-order valence-electron chi connectivity index (χ2n) is 7.99. The van der Waals surface area contributed by atoms with Gasteiger partial charge in [-0.15, -0.1) is 0 Å². The van der Waals surface area contributed by atoms with E-state index in [0.717, 1.165) is 42.4 Å². The molecule has 1 aromatic carbocycles. The quantitative estimate of drug-likeness (QED) is 0.851. The zero-order valence-electron chi connectivity index (χ0n) is 16.3. The molecule has 2 atom stereocenters. The Balaban J connectivity index is 1.97. The summed E-state index contributed by atoms with van der Waals surface area (Å²) < 4.78 is 5.48. The molecule has 1 fully saturated rings. The van der Waals surface area contributed by atoms with Crippen molar-refractivity contribution >= 4 is 11.0 Å². The van der Waals surface area contributed by atoms with Crippen molar-refractivity contribution < 1.29 is 9.52 Å². The summed E-state index contributed by atoms with van der Waals surface area (Å²) in [6.07, 6.45) is 2.12. The summed E-state index contributed by atoms with van der Waals surface area (Å²) in [6.45, 7) is 6.76. The van der Waals surface area contributed by atoms with Crippen molar-refractivity contribution in [1.29, 1.82) is 0 Å². The average molecular weight is 358 g/mol. The molecular weight excluding hydrogens is 328 g/mol. The number of hydrogen-bond donors (Lipinski definition) is 1. The summed E-state index contributed by atoms with van der Waals surface area (Å²) in [6, 6.07) is 6.24. The molecule has 0 aliphatic carbocycles. The zero-order valence-corrected chi connectivity index (χ0v) is 16.3. The van der Waals surface area contributed by atoms with Gasteiger partial charge in [0.15, 0.2) is 0 Å². The number of aliphatic hydroxyl groups is 1. The molecule has 2 heterocycles. The Morgan fingerprint density at radius 1 is 1.19 bits per heavy atom. The first-order valence-corrected chi connectivity index (χ1v) is 9.41. The lowest BCUT2D eigenvalue weighted by Crippen LogP contribution is -2.39. The summed E-state index contributed by atoms with van der Waals surface area (Å²) >= 11 is 0. The number of aliphatic hydroxyl groups excluding tert-OH is 1. The minimum absolute atomic E-state index is 0.215. The lowest BCUT2D eigenvalue weighted by atomic mass is 10.0. The minimum atomic E-state index is -0.294. The molecule has 1 aliphatic rings. The highest BCUT2D eigenvalue weighted by molar-refractivity contribution is 5.83. The predicted molar refractivity (Wildman–Crippen MR) is 105 cm³/mol. The van der Waals surface area contributed by atoms with Crippen molar-refractivity contribution in [1.82, 2.24) is 9.80 Å². The van der Waals surface area contributed by atoms with Gasteiger partial charge in [0, 0.05) is 43.7 Å². The maximum atomic E-state index is 12.1. The highest BCUT2D eigenvalue weighted by Crippen LogP contribution is 2.26.